The van der Waals surface area contributed by atoms with Crippen LogP contribution in [-0.4, -0.2) is 24.0 Å². The third kappa shape index (κ3) is 1.98. The minimum atomic E-state index is 0.868. The number of rotatable bonds is 3. The van der Waals surface area contributed by atoms with Gasteiger partial charge in [-0.25, -0.2) is 0 Å². The van der Waals surface area contributed by atoms with Crippen LogP contribution in [0.2, 0.25) is 0 Å². The Morgan fingerprint density at radius 1 is 0.929 bits per heavy atom. The van der Waals surface area contributed by atoms with E-state index >= 15 is 0 Å². The Labute approximate surface area is 88.9 Å². The maximum Gasteiger partial charge on any atom is 0.00954 e. The molecule has 0 aromatic carbocycles. The first-order chi connectivity index (χ1) is 6.68. The van der Waals surface area contributed by atoms with Gasteiger partial charge in [0.2, 0.25) is 0 Å². The van der Waals surface area contributed by atoms with E-state index < -0.39 is 0 Å². The highest BCUT2D eigenvalue weighted by Gasteiger charge is 2.35. The first-order valence-corrected chi connectivity index (χ1v) is 6.42. The maximum absolute atomic E-state index is 2.71. The van der Waals surface area contributed by atoms with Crippen LogP contribution in [0.4, 0.5) is 0 Å². The van der Waals surface area contributed by atoms with Crippen molar-refractivity contribution in [1.29, 1.82) is 0 Å². The highest BCUT2D eigenvalue weighted by molar-refractivity contribution is 4.89. The van der Waals surface area contributed by atoms with Crippen molar-refractivity contribution >= 4 is 0 Å². The molecule has 0 N–H and O–H groups in total. The molecular weight excluding hydrogens is 170 g/mol. The molecule has 82 valence electrons. The smallest absolute Gasteiger partial charge is 0.00954 e. The van der Waals surface area contributed by atoms with Crippen molar-refractivity contribution in [2.75, 3.05) is 13.1 Å². The third-order valence-corrected chi connectivity index (χ3v) is 4.54. The van der Waals surface area contributed by atoms with Gasteiger partial charge in [-0.05, 0) is 37.5 Å². The largest absolute Gasteiger partial charge is 0.300 e. The van der Waals surface area contributed by atoms with Gasteiger partial charge in [0.05, 0.1) is 0 Å². The average Bonchev–Trinajstić information content (AvgIpc) is 2.51. The standard InChI is InChI=1S/C13H25N/c1-10(2)13-8-14(9-13)11(3)12-6-4-5-7-12/h10-13H,4-9H2,1-3H3/t11-/m1/s1. The molecule has 0 unspecified atom stereocenters. The topological polar surface area (TPSA) is 3.24 Å². The molecular formula is C13H25N. The lowest BCUT2D eigenvalue weighted by molar-refractivity contribution is 0.0126. The Hall–Kier alpha value is -0.0400. The van der Waals surface area contributed by atoms with E-state index in [1.165, 1.54) is 38.8 Å². The molecule has 1 aliphatic carbocycles. The molecule has 0 radical (unpaired) electrons. The van der Waals surface area contributed by atoms with E-state index in [0.717, 1.165) is 23.8 Å². The zero-order chi connectivity index (χ0) is 10.1. The molecule has 1 heterocycles. The molecule has 0 aromatic heterocycles. The third-order valence-electron chi connectivity index (χ3n) is 4.54. The molecule has 0 aromatic rings. The van der Waals surface area contributed by atoms with E-state index in [0.29, 0.717) is 0 Å². The first kappa shape index (κ1) is 10.5. The van der Waals surface area contributed by atoms with Crippen molar-refractivity contribution in [3.63, 3.8) is 0 Å². The number of likely N-dealkylation sites (tertiary alicyclic amines) is 1. The fourth-order valence-corrected chi connectivity index (χ4v) is 3.04. The van der Waals surface area contributed by atoms with Gasteiger partial charge in [0.15, 0.2) is 0 Å². The highest BCUT2D eigenvalue weighted by atomic mass is 15.2. The Morgan fingerprint density at radius 2 is 1.50 bits per heavy atom. The predicted molar refractivity (Wildman–Crippen MR) is 61.3 cm³/mol. The molecule has 1 heteroatoms. The van der Waals surface area contributed by atoms with E-state index in [1.807, 2.05) is 0 Å². The van der Waals surface area contributed by atoms with E-state index in [1.54, 1.807) is 0 Å². The van der Waals surface area contributed by atoms with Crippen LogP contribution in [0.25, 0.3) is 0 Å². The predicted octanol–water partition coefficient (Wildman–Crippen LogP) is 3.15. The highest BCUT2D eigenvalue weighted by Crippen LogP contribution is 2.34. The summed E-state index contributed by atoms with van der Waals surface area (Å²) < 4.78 is 0. The van der Waals surface area contributed by atoms with Crippen molar-refractivity contribution in [3.8, 4) is 0 Å². The lowest BCUT2D eigenvalue weighted by Gasteiger charge is -2.47. The summed E-state index contributed by atoms with van der Waals surface area (Å²) in [5, 5.41) is 0. The van der Waals surface area contributed by atoms with Gasteiger partial charge in [-0.3, -0.25) is 4.90 Å². The quantitative estimate of drug-likeness (QED) is 0.668. The molecule has 1 nitrogen and oxygen atoms in total. The summed E-state index contributed by atoms with van der Waals surface area (Å²) in [4.78, 5) is 2.71. The molecule has 2 fully saturated rings. The summed E-state index contributed by atoms with van der Waals surface area (Å²) in [5.41, 5.74) is 0. The Bertz CT molecular complexity index is 176. The SMILES string of the molecule is CC(C)C1CN([C@H](C)C2CCCC2)C1. The molecule has 1 saturated heterocycles. The molecule has 0 bridgehead atoms. The molecule has 2 aliphatic rings. The van der Waals surface area contributed by atoms with Crippen molar-refractivity contribution < 1.29 is 0 Å². The lowest BCUT2D eigenvalue weighted by Crippen LogP contribution is -2.54. The number of hydrogen-bond acceptors (Lipinski definition) is 1. The molecule has 1 aliphatic heterocycles. The van der Waals surface area contributed by atoms with Gasteiger partial charge in [-0.1, -0.05) is 26.7 Å². The Balaban J connectivity index is 1.75. The van der Waals surface area contributed by atoms with Crippen LogP contribution in [0.3, 0.4) is 0 Å². The van der Waals surface area contributed by atoms with Crippen molar-refractivity contribution in [2.24, 2.45) is 17.8 Å². The zero-order valence-electron chi connectivity index (χ0n) is 10.00. The second-order valence-electron chi connectivity index (χ2n) is 5.74. The summed E-state index contributed by atoms with van der Waals surface area (Å²) >= 11 is 0. The monoisotopic (exact) mass is 195 g/mol. The molecule has 1 atom stereocenters. The van der Waals surface area contributed by atoms with Crippen LogP contribution >= 0.6 is 0 Å². The van der Waals surface area contributed by atoms with Crippen LogP contribution in [0, 0.1) is 17.8 Å². The van der Waals surface area contributed by atoms with E-state index in [2.05, 4.69) is 25.7 Å². The van der Waals surface area contributed by atoms with Gasteiger partial charge in [0.25, 0.3) is 0 Å². The van der Waals surface area contributed by atoms with Gasteiger partial charge >= 0.3 is 0 Å². The molecule has 2 rings (SSSR count). The normalized spacial score (nSPS) is 28.3. The lowest BCUT2D eigenvalue weighted by atomic mass is 9.85. The van der Waals surface area contributed by atoms with Gasteiger partial charge in [-0.2, -0.15) is 0 Å². The average molecular weight is 195 g/mol. The van der Waals surface area contributed by atoms with Gasteiger partial charge in [-0.15, -0.1) is 0 Å². The second-order valence-corrected chi connectivity index (χ2v) is 5.74. The maximum atomic E-state index is 2.71. The van der Waals surface area contributed by atoms with E-state index in [-0.39, 0.29) is 0 Å². The second kappa shape index (κ2) is 4.22. The zero-order valence-corrected chi connectivity index (χ0v) is 10.00. The first-order valence-electron chi connectivity index (χ1n) is 6.42. The van der Waals surface area contributed by atoms with Crippen molar-refractivity contribution in [2.45, 2.75) is 52.5 Å². The van der Waals surface area contributed by atoms with E-state index in [9.17, 15) is 0 Å². The Morgan fingerprint density at radius 3 is 2.00 bits per heavy atom. The fraction of sp³-hybridized carbons (Fsp3) is 1.00. The molecule has 14 heavy (non-hydrogen) atoms. The minimum Gasteiger partial charge on any atom is -0.300 e. The molecule has 1 saturated carbocycles. The summed E-state index contributed by atoms with van der Waals surface area (Å²) in [6, 6.07) is 0.868. The summed E-state index contributed by atoms with van der Waals surface area (Å²) in [7, 11) is 0. The Kier molecular flexibility index (Phi) is 3.16. The van der Waals surface area contributed by atoms with Crippen LogP contribution in [0.15, 0.2) is 0 Å². The van der Waals surface area contributed by atoms with Crippen LogP contribution in [0.1, 0.15) is 46.5 Å². The van der Waals surface area contributed by atoms with Crippen LogP contribution < -0.4 is 0 Å². The summed E-state index contributed by atoms with van der Waals surface area (Å²) in [6.45, 7) is 9.92. The van der Waals surface area contributed by atoms with Crippen LogP contribution in [-0.2, 0) is 0 Å². The number of nitrogens with zero attached hydrogens (tertiary/aromatic N) is 1. The summed E-state index contributed by atoms with van der Waals surface area (Å²) in [5.74, 6) is 2.89. The minimum absolute atomic E-state index is 0.868. The van der Waals surface area contributed by atoms with Crippen molar-refractivity contribution in [1.82, 2.24) is 4.90 Å². The fourth-order valence-electron chi connectivity index (χ4n) is 3.04. The van der Waals surface area contributed by atoms with Gasteiger partial charge in [0, 0.05) is 19.1 Å². The molecule has 0 spiro atoms. The molecule has 0 amide bonds. The van der Waals surface area contributed by atoms with E-state index in [4.69, 9.17) is 0 Å². The van der Waals surface area contributed by atoms with Gasteiger partial charge in [0.1, 0.15) is 0 Å². The van der Waals surface area contributed by atoms with Crippen molar-refractivity contribution in [3.05, 3.63) is 0 Å². The number of hydrogen-bond donors (Lipinski definition) is 0. The van der Waals surface area contributed by atoms with Crippen LogP contribution in [0.5, 0.6) is 0 Å². The summed E-state index contributed by atoms with van der Waals surface area (Å²) in [6.07, 6.45) is 5.95. The van der Waals surface area contributed by atoms with Gasteiger partial charge < -0.3 is 0 Å².